The number of amides is 1. The molecule has 0 unspecified atom stereocenters. The van der Waals surface area contributed by atoms with E-state index in [0.717, 1.165) is 33.0 Å². The fourth-order valence-corrected chi connectivity index (χ4v) is 4.64. The van der Waals surface area contributed by atoms with E-state index < -0.39 is 15.6 Å². The maximum Gasteiger partial charge on any atom is 0.241 e. The Morgan fingerprint density at radius 1 is 1.17 bits per heavy atom. The van der Waals surface area contributed by atoms with Crippen molar-refractivity contribution in [2.75, 3.05) is 17.1 Å². The molecule has 1 amide bonds. The van der Waals surface area contributed by atoms with E-state index in [1.807, 2.05) is 58.0 Å². The van der Waals surface area contributed by atoms with E-state index in [4.69, 9.17) is 4.74 Å². The van der Waals surface area contributed by atoms with Gasteiger partial charge in [-0.25, -0.2) is 8.42 Å². The molecule has 0 saturated heterocycles. The number of aryl methyl sites for hydroxylation is 2. The highest BCUT2D eigenvalue weighted by Gasteiger charge is 2.34. The van der Waals surface area contributed by atoms with Crippen LogP contribution in [0, 0.1) is 13.8 Å². The first-order valence-electron chi connectivity index (χ1n) is 9.58. The van der Waals surface area contributed by atoms with Gasteiger partial charge in [0.15, 0.2) is 0 Å². The molecule has 2 aromatic carbocycles. The summed E-state index contributed by atoms with van der Waals surface area (Å²) in [5.74, 6) is 0.385. The zero-order chi connectivity index (χ0) is 21.4. The van der Waals surface area contributed by atoms with Crippen LogP contribution in [-0.2, 0) is 14.8 Å². The molecule has 1 heterocycles. The maximum atomic E-state index is 12.9. The number of carbonyl (C=O) groups is 1. The molecule has 0 saturated carbocycles. The van der Waals surface area contributed by atoms with Crippen molar-refractivity contribution >= 4 is 21.6 Å². The minimum absolute atomic E-state index is 0.247. The van der Waals surface area contributed by atoms with Gasteiger partial charge in [-0.15, -0.1) is 0 Å². The van der Waals surface area contributed by atoms with Crippen molar-refractivity contribution in [2.24, 2.45) is 0 Å². The van der Waals surface area contributed by atoms with Crippen molar-refractivity contribution in [3.63, 3.8) is 0 Å². The van der Waals surface area contributed by atoms with Gasteiger partial charge in [0.25, 0.3) is 0 Å². The molecule has 6 nitrogen and oxygen atoms in total. The summed E-state index contributed by atoms with van der Waals surface area (Å²) in [5, 5.41) is 3.01. The highest BCUT2D eigenvalue weighted by molar-refractivity contribution is 7.92. The molecule has 1 aliphatic rings. The molecular weight excluding hydrogens is 388 g/mol. The third-order valence-electron chi connectivity index (χ3n) is 4.89. The second-order valence-corrected chi connectivity index (χ2v) is 10.2. The largest absolute Gasteiger partial charge is 0.487 e. The number of carbonyl (C=O) groups excluding carboxylic acids is 1. The number of hydrogen-bond acceptors (Lipinski definition) is 4. The van der Waals surface area contributed by atoms with Crippen LogP contribution >= 0.6 is 0 Å². The molecule has 156 valence electrons. The molecule has 0 bridgehead atoms. The molecule has 1 atom stereocenters. The first-order chi connectivity index (χ1) is 13.4. The van der Waals surface area contributed by atoms with Crippen LogP contribution in [0.5, 0.6) is 5.75 Å². The Bertz CT molecular complexity index is 1010. The molecule has 1 N–H and O–H groups in total. The fraction of sp³-hybridized carbons (Fsp3) is 0.409. The molecular formula is C22H28N2O4S. The molecule has 2 aromatic rings. The van der Waals surface area contributed by atoms with Gasteiger partial charge in [-0.2, -0.15) is 0 Å². The second kappa shape index (κ2) is 7.71. The first-order valence-corrected chi connectivity index (χ1v) is 11.4. The van der Waals surface area contributed by atoms with Gasteiger partial charge in [0.05, 0.1) is 18.0 Å². The van der Waals surface area contributed by atoms with E-state index in [0.29, 0.717) is 12.1 Å². The molecule has 7 heteroatoms. The number of anilines is 1. The van der Waals surface area contributed by atoms with E-state index in [9.17, 15) is 13.2 Å². The lowest BCUT2D eigenvalue weighted by atomic mass is 9.89. The molecule has 0 fully saturated rings. The van der Waals surface area contributed by atoms with Crippen LogP contribution in [0.2, 0.25) is 0 Å². The molecule has 0 spiro atoms. The van der Waals surface area contributed by atoms with Crippen molar-refractivity contribution in [3.8, 4) is 5.75 Å². The number of nitrogens with zero attached hydrogens (tertiary/aromatic N) is 1. The number of para-hydroxylation sites is 1. The standard InChI is InChI=1S/C22H28N2O4S/c1-15-10-16(2)12-17(11-15)24(29(5,26)27)14-21(25)23-19-13-22(3,4)28-20-9-7-6-8-18(19)20/h6-12,19H,13-14H2,1-5H3,(H,23,25)/t19-/m0/s1. The lowest BCUT2D eigenvalue weighted by Gasteiger charge is -2.38. The van der Waals surface area contributed by atoms with E-state index in [1.54, 1.807) is 12.1 Å². The summed E-state index contributed by atoms with van der Waals surface area (Å²) in [7, 11) is -3.62. The number of ether oxygens (including phenoxy) is 1. The maximum absolute atomic E-state index is 12.9. The molecule has 3 rings (SSSR count). The van der Waals surface area contributed by atoms with Gasteiger partial charge >= 0.3 is 0 Å². The average Bonchev–Trinajstić information content (AvgIpc) is 2.56. The van der Waals surface area contributed by atoms with Crippen molar-refractivity contribution in [3.05, 3.63) is 59.2 Å². The van der Waals surface area contributed by atoms with Crippen LogP contribution in [0.4, 0.5) is 5.69 Å². The van der Waals surface area contributed by atoms with Gasteiger partial charge in [-0.1, -0.05) is 24.3 Å². The third kappa shape index (κ3) is 5.09. The Kier molecular flexibility index (Phi) is 5.63. The normalized spacial score (nSPS) is 17.8. The van der Waals surface area contributed by atoms with Gasteiger partial charge in [-0.05, 0) is 57.0 Å². The van der Waals surface area contributed by atoms with Crippen molar-refractivity contribution in [2.45, 2.75) is 45.8 Å². The first kappa shape index (κ1) is 21.2. The van der Waals surface area contributed by atoms with Crippen molar-refractivity contribution < 1.29 is 17.9 Å². The number of hydrogen-bond donors (Lipinski definition) is 1. The second-order valence-electron chi connectivity index (χ2n) is 8.34. The average molecular weight is 417 g/mol. The van der Waals surface area contributed by atoms with Crippen LogP contribution in [0.1, 0.15) is 43.0 Å². The van der Waals surface area contributed by atoms with E-state index >= 15 is 0 Å². The van der Waals surface area contributed by atoms with Crippen molar-refractivity contribution in [1.82, 2.24) is 5.32 Å². The zero-order valence-electron chi connectivity index (χ0n) is 17.5. The molecule has 1 aliphatic heterocycles. The van der Waals surface area contributed by atoms with E-state index in [1.165, 1.54) is 0 Å². The number of benzene rings is 2. The van der Waals surface area contributed by atoms with Gasteiger partial charge in [0.1, 0.15) is 17.9 Å². The predicted octanol–water partition coefficient (Wildman–Crippen LogP) is 3.49. The SMILES string of the molecule is Cc1cc(C)cc(N(CC(=O)N[C@H]2CC(C)(C)Oc3ccccc32)S(C)(=O)=O)c1. The number of nitrogens with one attached hydrogen (secondary N) is 1. The molecule has 29 heavy (non-hydrogen) atoms. The summed E-state index contributed by atoms with van der Waals surface area (Å²) in [6.07, 6.45) is 1.71. The fourth-order valence-electron chi connectivity index (χ4n) is 3.80. The molecule has 0 aromatic heterocycles. The minimum atomic E-state index is -3.62. The van der Waals surface area contributed by atoms with Gasteiger partial charge in [-0.3, -0.25) is 9.10 Å². The Labute approximate surface area is 172 Å². The Morgan fingerprint density at radius 3 is 2.41 bits per heavy atom. The monoisotopic (exact) mass is 416 g/mol. The van der Waals surface area contributed by atoms with Crippen LogP contribution in [0.15, 0.2) is 42.5 Å². The van der Waals surface area contributed by atoms with Crippen LogP contribution in [-0.4, -0.2) is 32.7 Å². The lowest BCUT2D eigenvalue weighted by molar-refractivity contribution is -0.120. The Morgan fingerprint density at radius 2 is 1.79 bits per heavy atom. The quantitative estimate of drug-likeness (QED) is 0.810. The molecule has 0 aliphatic carbocycles. The Balaban J connectivity index is 1.84. The number of sulfonamides is 1. The zero-order valence-corrected chi connectivity index (χ0v) is 18.3. The summed E-state index contributed by atoms with van der Waals surface area (Å²) in [6, 6.07) is 12.9. The number of fused-ring (bicyclic) bond motifs is 1. The third-order valence-corrected chi connectivity index (χ3v) is 6.03. The summed E-state index contributed by atoms with van der Waals surface area (Å²) < 4.78 is 32.0. The minimum Gasteiger partial charge on any atom is -0.487 e. The van der Waals surface area contributed by atoms with Gasteiger partial charge in [0.2, 0.25) is 15.9 Å². The molecule has 0 radical (unpaired) electrons. The highest BCUT2D eigenvalue weighted by atomic mass is 32.2. The highest BCUT2D eigenvalue weighted by Crippen LogP contribution is 2.39. The van der Waals surface area contributed by atoms with Crippen LogP contribution in [0.25, 0.3) is 0 Å². The summed E-state index contributed by atoms with van der Waals surface area (Å²) in [5.41, 5.74) is 2.84. The summed E-state index contributed by atoms with van der Waals surface area (Å²) >= 11 is 0. The van der Waals surface area contributed by atoms with Crippen molar-refractivity contribution in [1.29, 1.82) is 0 Å². The van der Waals surface area contributed by atoms with Crippen LogP contribution in [0.3, 0.4) is 0 Å². The van der Waals surface area contributed by atoms with E-state index in [2.05, 4.69) is 5.32 Å². The van der Waals surface area contributed by atoms with Gasteiger partial charge in [0, 0.05) is 12.0 Å². The Hall–Kier alpha value is -2.54. The number of rotatable bonds is 5. The topological polar surface area (TPSA) is 75.7 Å². The predicted molar refractivity (Wildman–Crippen MR) is 115 cm³/mol. The van der Waals surface area contributed by atoms with Gasteiger partial charge < -0.3 is 10.1 Å². The lowest BCUT2D eigenvalue weighted by Crippen LogP contribution is -2.45. The summed E-state index contributed by atoms with van der Waals surface area (Å²) in [6.45, 7) is 7.47. The van der Waals surface area contributed by atoms with E-state index in [-0.39, 0.29) is 18.5 Å². The van der Waals surface area contributed by atoms with Crippen LogP contribution < -0.4 is 14.4 Å². The summed E-state index contributed by atoms with van der Waals surface area (Å²) in [4.78, 5) is 12.9. The smallest absolute Gasteiger partial charge is 0.241 e.